The van der Waals surface area contributed by atoms with E-state index < -0.39 is 23.7 Å². The van der Waals surface area contributed by atoms with Crippen LogP contribution in [0.2, 0.25) is 5.02 Å². The average molecular weight is 490 g/mol. The van der Waals surface area contributed by atoms with E-state index in [2.05, 4.69) is 0 Å². The minimum atomic E-state index is -0.641. The molecule has 1 aliphatic heterocycles. The Bertz CT molecular complexity index is 1080. The fraction of sp³-hybridized carbons (Fsp3) is 0.292. The first kappa shape index (κ1) is 24.7. The molecule has 0 aliphatic carbocycles. The van der Waals surface area contributed by atoms with E-state index in [0.29, 0.717) is 35.3 Å². The van der Waals surface area contributed by atoms with Crippen LogP contribution in [0.25, 0.3) is 6.08 Å². The van der Waals surface area contributed by atoms with Crippen molar-refractivity contribution in [2.45, 2.75) is 27.4 Å². The lowest BCUT2D eigenvalue weighted by atomic mass is 10.1. The van der Waals surface area contributed by atoms with Gasteiger partial charge in [0.1, 0.15) is 13.2 Å². The number of thioether (sulfide) groups is 1. The molecular formula is C24H24ClNO6S. The van der Waals surface area contributed by atoms with E-state index >= 15 is 0 Å². The molecule has 1 saturated heterocycles. The highest BCUT2D eigenvalue weighted by Crippen LogP contribution is 2.39. The molecule has 7 nitrogen and oxygen atoms in total. The second kappa shape index (κ2) is 11.2. The Hall–Kier alpha value is -2.97. The average Bonchev–Trinajstić information content (AvgIpc) is 3.02. The first-order valence-corrected chi connectivity index (χ1v) is 11.6. The van der Waals surface area contributed by atoms with Crippen LogP contribution in [-0.2, 0) is 20.9 Å². The topological polar surface area (TPSA) is 82.1 Å². The highest BCUT2D eigenvalue weighted by molar-refractivity contribution is 8.18. The molecule has 3 rings (SSSR count). The number of imide groups is 1. The molecule has 0 saturated carbocycles. The van der Waals surface area contributed by atoms with Crippen LogP contribution in [-0.4, -0.2) is 41.8 Å². The van der Waals surface area contributed by atoms with E-state index in [-0.39, 0.29) is 11.5 Å². The maximum atomic E-state index is 12.6. The summed E-state index contributed by atoms with van der Waals surface area (Å²) in [6.07, 6.45) is 1.54. The Labute approximate surface area is 201 Å². The Morgan fingerprint density at radius 3 is 2.48 bits per heavy atom. The second-order valence-electron chi connectivity index (χ2n) is 7.11. The summed E-state index contributed by atoms with van der Waals surface area (Å²) in [5.41, 5.74) is 2.70. The number of rotatable bonds is 9. The van der Waals surface area contributed by atoms with Gasteiger partial charge in [-0.25, -0.2) is 0 Å². The Morgan fingerprint density at radius 2 is 1.82 bits per heavy atom. The number of ether oxygens (including phenoxy) is 3. The van der Waals surface area contributed by atoms with E-state index in [4.69, 9.17) is 25.8 Å². The number of carbonyl (C=O) groups is 3. The number of amides is 2. The van der Waals surface area contributed by atoms with Crippen LogP contribution in [0.3, 0.4) is 0 Å². The van der Waals surface area contributed by atoms with E-state index in [1.165, 1.54) is 6.08 Å². The molecule has 2 aromatic rings. The second-order valence-corrected chi connectivity index (χ2v) is 8.51. The zero-order valence-corrected chi connectivity index (χ0v) is 20.1. The number of carbonyl (C=O) groups excluding carboxylic acids is 3. The third kappa shape index (κ3) is 6.30. The molecule has 33 heavy (non-hydrogen) atoms. The molecule has 0 aromatic heterocycles. The van der Waals surface area contributed by atoms with Crippen LogP contribution in [0.4, 0.5) is 4.79 Å². The minimum Gasteiger partial charge on any atom is -0.490 e. The van der Waals surface area contributed by atoms with Gasteiger partial charge < -0.3 is 14.2 Å². The van der Waals surface area contributed by atoms with Crippen molar-refractivity contribution in [3.05, 3.63) is 63.0 Å². The fourth-order valence-corrected chi connectivity index (χ4v) is 4.15. The van der Waals surface area contributed by atoms with Gasteiger partial charge in [0.2, 0.25) is 0 Å². The van der Waals surface area contributed by atoms with E-state index in [1.807, 2.05) is 38.1 Å². The number of halogens is 1. The van der Waals surface area contributed by atoms with E-state index in [0.717, 1.165) is 27.8 Å². The number of benzene rings is 2. The van der Waals surface area contributed by atoms with Gasteiger partial charge in [0.05, 0.1) is 23.1 Å². The van der Waals surface area contributed by atoms with Gasteiger partial charge >= 0.3 is 5.97 Å². The van der Waals surface area contributed by atoms with Crippen molar-refractivity contribution in [2.24, 2.45) is 0 Å². The molecule has 1 heterocycles. The normalized spacial score (nSPS) is 14.7. The summed E-state index contributed by atoms with van der Waals surface area (Å²) in [7, 11) is 0. The molecule has 0 spiro atoms. The third-order valence-corrected chi connectivity index (χ3v) is 5.79. The summed E-state index contributed by atoms with van der Waals surface area (Å²) in [4.78, 5) is 37.6. The van der Waals surface area contributed by atoms with E-state index in [9.17, 15) is 14.4 Å². The fourth-order valence-electron chi connectivity index (χ4n) is 3.04. The minimum absolute atomic E-state index is 0.169. The van der Waals surface area contributed by atoms with Crippen molar-refractivity contribution < 1.29 is 28.6 Å². The van der Waals surface area contributed by atoms with Crippen LogP contribution >= 0.6 is 23.4 Å². The third-order valence-electron chi connectivity index (χ3n) is 4.60. The van der Waals surface area contributed by atoms with Crippen molar-refractivity contribution in [3.63, 3.8) is 0 Å². The highest BCUT2D eigenvalue weighted by Gasteiger charge is 2.36. The molecular weight excluding hydrogens is 466 g/mol. The van der Waals surface area contributed by atoms with Crippen LogP contribution < -0.4 is 9.47 Å². The van der Waals surface area contributed by atoms with Crippen molar-refractivity contribution in [3.8, 4) is 11.5 Å². The largest absolute Gasteiger partial charge is 0.490 e. The lowest BCUT2D eigenvalue weighted by Gasteiger charge is -2.15. The summed E-state index contributed by atoms with van der Waals surface area (Å²) >= 11 is 7.23. The molecule has 0 radical (unpaired) electrons. The molecule has 1 aliphatic rings. The molecule has 9 heteroatoms. The molecule has 0 N–H and O–H groups in total. The van der Waals surface area contributed by atoms with Crippen molar-refractivity contribution >= 4 is 46.6 Å². The van der Waals surface area contributed by atoms with E-state index in [1.54, 1.807) is 19.1 Å². The zero-order valence-electron chi connectivity index (χ0n) is 18.6. The van der Waals surface area contributed by atoms with Crippen molar-refractivity contribution in [2.75, 3.05) is 19.8 Å². The lowest BCUT2D eigenvalue weighted by molar-refractivity contribution is -0.145. The number of aryl methyl sites for hydroxylation is 1. The van der Waals surface area contributed by atoms with Crippen LogP contribution in [0.5, 0.6) is 11.5 Å². The number of hydrogen-bond acceptors (Lipinski definition) is 7. The van der Waals surface area contributed by atoms with Gasteiger partial charge in [0, 0.05) is 0 Å². The Balaban J connectivity index is 1.81. The van der Waals surface area contributed by atoms with Crippen molar-refractivity contribution in [1.82, 2.24) is 4.90 Å². The van der Waals surface area contributed by atoms with Gasteiger partial charge in [-0.1, -0.05) is 41.4 Å². The first-order chi connectivity index (χ1) is 15.8. The van der Waals surface area contributed by atoms with Crippen LogP contribution in [0, 0.1) is 6.92 Å². The standard InChI is InChI=1S/C24H24ClNO6S/c1-4-30-19-11-17(10-18(25)22(19)32-14-16-8-6-15(3)7-9-16)12-20-23(28)26(24(29)33-20)13-21(27)31-5-2/h6-12H,4-5,13-14H2,1-3H3/b20-12+. The van der Waals surface area contributed by atoms with Gasteiger partial charge in [0.25, 0.3) is 11.1 Å². The lowest BCUT2D eigenvalue weighted by Crippen LogP contribution is -2.34. The Morgan fingerprint density at radius 1 is 1.09 bits per heavy atom. The number of nitrogens with zero attached hydrogens (tertiary/aromatic N) is 1. The highest BCUT2D eigenvalue weighted by atomic mass is 35.5. The van der Waals surface area contributed by atoms with Gasteiger partial charge in [0.15, 0.2) is 11.5 Å². The zero-order chi connectivity index (χ0) is 24.0. The van der Waals surface area contributed by atoms with Crippen LogP contribution in [0.1, 0.15) is 30.5 Å². The van der Waals surface area contributed by atoms with Crippen LogP contribution in [0.15, 0.2) is 41.3 Å². The van der Waals surface area contributed by atoms with Gasteiger partial charge in [-0.15, -0.1) is 0 Å². The summed E-state index contributed by atoms with van der Waals surface area (Å²) in [6.45, 7) is 5.95. The SMILES string of the molecule is CCOC(=O)CN1C(=O)S/C(=C/c2cc(Cl)c(OCc3ccc(C)cc3)c(OCC)c2)C1=O. The number of esters is 1. The molecule has 2 amide bonds. The maximum absolute atomic E-state index is 12.6. The summed E-state index contributed by atoms with van der Waals surface area (Å²) in [5.74, 6) is -0.384. The smallest absolute Gasteiger partial charge is 0.326 e. The number of hydrogen-bond donors (Lipinski definition) is 0. The molecule has 174 valence electrons. The monoisotopic (exact) mass is 489 g/mol. The summed E-state index contributed by atoms with van der Waals surface area (Å²) in [6, 6.07) is 11.3. The molecule has 1 fully saturated rings. The quantitative estimate of drug-likeness (QED) is 0.352. The predicted molar refractivity (Wildman–Crippen MR) is 127 cm³/mol. The maximum Gasteiger partial charge on any atom is 0.326 e. The summed E-state index contributed by atoms with van der Waals surface area (Å²) in [5, 5.41) is -0.224. The van der Waals surface area contributed by atoms with Gasteiger partial charge in [-0.05, 0) is 61.9 Å². The molecule has 0 unspecified atom stereocenters. The Kier molecular flexibility index (Phi) is 8.41. The predicted octanol–water partition coefficient (Wildman–Crippen LogP) is 5.23. The van der Waals surface area contributed by atoms with Gasteiger partial charge in [-0.3, -0.25) is 19.3 Å². The van der Waals surface area contributed by atoms with Crippen molar-refractivity contribution in [1.29, 1.82) is 0 Å². The molecule has 2 aromatic carbocycles. The molecule has 0 atom stereocenters. The molecule has 0 bridgehead atoms. The first-order valence-electron chi connectivity index (χ1n) is 10.4. The summed E-state index contributed by atoms with van der Waals surface area (Å²) < 4.78 is 16.5. The van der Waals surface area contributed by atoms with Gasteiger partial charge in [-0.2, -0.15) is 0 Å².